The van der Waals surface area contributed by atoms with Crippen LogP contribution < -0.4 is 0 Å². The molecule has 0 aromatic heterocycles. The molecule has 1 N–H and O–H groups in total. The summed E-state index contributed by atoms with van der Waals surface area (Å²) in [6, 6.07) is 0. The summed E-state index contributed by atoms with van der Waals surface area (Å²) >= 11 is 0. The molecule has 0 rings (SSSR count). The lowest BCUT2D eigenvalue weighted by molar-refractivity contribution is -0.143. The maximum absolute atomic E-state index is 10.9. The molecule has 0 amide bonds. The zero-order chi connectivity index (χ0) is 12.6. The minimum Gasteiger partial charge on any atom is -0.481 e. The lowest BCUT2D eigenvalue weighted by Gasteiger charge is -2.14. The van der Waals surface area contributed by atoms with Gasteiger partial charge in [-0.2, -0.15) is 0 Å². The van der Waals surface area contributed by atoms with Crippen molar-refractivity contribution in [2.45, 2.75) is 46.5 Å². The number of rotatable bonds is 8. The molecule has 0 heterocycles. The van der Waals surface area contributed by atoms with E-state index < -0.39 is 5.97 Å². The molecule has 0 aliphatic rings. The molecule has 0 aromatic rings. The van der Waals surface area contributed by atoms with Crippen LogP contribution in [0, 0.1) is 11.8 Å². The number of carbonyl (C=O) groups is 2. The van der Waals surface area contributed by atoms with Gasteiger partial charge in [-0.15, -0.1) is 0 Å². The van der Waals surface area contributed by atoms with E-state index in [0.717, 1.165) is 12.8 Å². The van der Waals surface area contributed by atoms with E-state index >= 15 is 0 Å². The Kier molecular flexibility index (Phi) is 7.60. The molecule has 0 aliphatic heterocycles. The minimum atomic E-state index is -0.721. The number of unbranched alkanes of at least 4 members (excludes halogenated alkanes) is 1. The highest BCUT2D eigenvalue weighted by Crippen LogP contribution is 2.18. The number of aliphatic carboxylic acids is 1. The quantitative estimate of drug-likeness (QED) is 0.514. The first-order valence-electron chi connectivity index (χ1n) is 5.79. The molecule has 4 nitrogen and oxygen atoms in total. The third-order valence-electron chi connectivity index (χ3n) is 2.36. The van der Waals surface area contributed by atoms with Crippen molar-refractivity contribution in [1.29, 1.82) is 0 Å². The van der Waals surface area contributed by atoms with Crippen molar-refractivity contribution >= 4 is 11.9 Å². The number of carboxylic acid groups (broad SMARTS) is 1. The van der Waals surface area contributed by atoms with Crippen LogP contribution in [0.15, 0.2) is 0 Å². The maximum Gasteiger partial charge on any atom is 0.306 e. The van der Waals surface area contributed by atoms with Crippen molar-refractivity contribution in [3.63, 3.8) is 0 Å². The molecule has 94 valence electrons. The smallest absolute Gasteiger partial charge is 0.306 e. The lowest BCUT2D eigenvalue weighted by Crippen LogP contribution is -2.16. The van der Waals surface area contributed by atoms with Crippen molar-refractivity contribution in [2.75, 3.05) is 6.61 Å². The van der Waals surface area contributed by atoms with E-state index in [-0.39, 0.29) is 11.9 Å². The highest BCUT2D eigenvalue weighted by molar-refractivity contribution is 5.69. The second-order valence-corrected chi connectivity index (χ2v) is 4.50. The van der Waals surface area contributed by atoms with Gasteiger partial charge in [-0.1, -0.05) is 13.8 Å². The molecule has 0 saturated heterocycles. The van der Waals surface area contributed by atoms with Gasteiger partial charge < -0.3 is 9.84 Å². The van der Waals surface area contributed by atoms with Gasteiger partial charge in [0.1, 0.15) is 0 Å². The molecule has 0 fully saturated rings. The standard InChI is InChI=1S/C12H22O4/c1-9(2)8-11(12(14)15)6-4-5-7-16-10(3)13/h9,11H,4-8H2,1-3H3,(H,14,15). The van der Waals surface area contributed by atoms with Crippen molar-refractivity contribution in [1.82, 2.24) is 0 Å². The lowest BCUT2D eigenvalue weighted by atomic mass is 9.92. The van der Waals surface area contributed by atoms with E-state index in [1.807, 2.05) is 13.8 Å². The molecule has 0 saturated carbocycles. The Bertz CT molecular complexity index is 223. The molecule has 0 spiro atoms. The molecule has 0 aliphatic carbocycles. The van der Waals surface area contributed by atoms with E-state index in [1.54, 1.807) is 0 Å². The Hall–Kier alpha value is -1.06. The minimum absolute atomic E-state index is 0.266. The Labute approximate surface area is 97.0 Å². The topological polar surface area (TPSA) is 63.6 Å². The molecule has 4 heteroatoms. The Balaban J connectivity index is 3.68. The van der Waals surface area contributed by atoms with Crippen LogP contribution >= 0.6 is 0 Å². The molecule has 0 bridgehead atoms. The fraction of sp³-hybridized carbons (Fsp3) is 0.833. The van der Waals surface area contributed by atoms with Crippen LogP contribution in [-0.4, -0.2) is 23.7 Å². The maximum atomic E-state index is 10.9. The van der Waals surface area contributed by atoms with Crippen molar-refractivity contribution < 1.29 is 19.4 Å². The Morgan fingerprint density at radius 2 is 1.88 bits per heavy atom. The molecule has 1 unspecified atom stereocenters. The number of hydrogen-bond acceptors (Lipinski definition) is 3. The van der Waals surface area contributed by atoms with Crippen molar-refractivity contribution in [3.05, 3.63) is 0 Å². The van der Waals surface area contributed by atoms with Gasteiger partial charge in [-0.05, 0) is 31.6 Å². The molecule has 16 heavy (non-hydrogen) atoms. The Morgan fingerprint density at radius 1 is 1.25 bits per heavy atom. The van der Waals surface area contributed by atoms with Gasteiger partial charge in [0.2, 0.25) is 0 Å². The van der Waals surface area contributed by atoms with Gasteiger partial charge >= 0.3 is 11.9 Å². The third kappa shape index (κ3) is 8.26. The number of hydrogen-bond donors (Lipinski definition) is 1. The van der Waals surface area contributed by atoms with E-state index in [1.165, 1.54) is 6.92 Å². The van der Waals surface area contributed by atoms with Crippen LogP contribution in [0.2, 0.25) is 0 Å². The van der Waals surface area contributed by atoms with Crippen LogP contribution in [0.1, 0.15) is 46.5 Å². The van der Waals surface area contributed by atoms with Gasteiger partial charge in [0.15, 0.2) is 0 Å². The molecule has 0 aromatic carbocycles. The van der Waals surface area contributed by atoms with Crippen LogP contribution in [-0.2, 0) is 14.3 Å². The number of ether oxygens (including phenoxy) is 1. The van der Waals surface area contributed by atoms with Gasteiger partial charge in [-0.3, -0.25) is 9.59 Å². The van der Waals surface area contributed by atoms with Crippen LogP contribution in [0.3, 0.4) is 0 Å². The van der Waals surface area contributed by atoms with E-state index in [9.17, 15) is 9.59 Å². The summed E-state index contributed by atoms with van der Waals surface area (Å²) in [5.74, 6) is -0.870. The average molecular weight is 230 g/mol. The van der Waals surface area contributed by atoms with E-state index in [2.05, 4.69) is 0 Å². The number of esters is 1. The predicted octanol–water partition coefficient (Wildman–Crippen LogP) is 2.47. The summed E-state index contributed by atoms with van der Waals surface area (Å²) in [5, 5.41) is 8.98. The molecule has 0 radical (unpaired) electrons. The first-order chi connectivity index (χ1) is 7.43. The molecule has 1 atom stereocenters. The monoisotopic (exact) mass is 230 g/mol. The van der Waals surface area contributed by atoms with Crippen molar-refractivity contribution in [2.24, 2.45) is 11.8 Å². The first kappa shape index (κ1) is 14.9. The molecular weight excluding hydrogens is 208 g/mol. The van der Waals surface area contributed by atoms with Gasteiger partial charge in [0, 0.05) is 6.92 Å². The highest BCUT2D eigenvalue weighted by Gasteiger charge is 2.17. The molecular formula is C12H22O4. The fourth-order valence-corrected chi connectivity index (χ4v) is 1.62. The van der Waals surface area contributed by atoms with Gasteiger partial charge in [-0.25, -0.2) is 0 Å². The van der Waals surface area contributed by atoms with E-state index in [4.69, 9.17) is 9.84 Å². The average Bonchev–Trinajstić information content (AvgIpc) is 2.14. The summed E-state index contributed by atoms with van der Waals surface area (Å²) in [4.78, 5) is 21.4. The number of carbonyl (C=O) groups excluding carboxylic acids is 1. The summed E-state index contributed by atoms with van der Waals surface area (Å²) in [6.45, 7) is 5.81. The predicted molar refractivity (Wildman–Crippen MR) is 61.1 cm³/mol. The normalized spacial score (nSPS) is 12.5. The number of carboxylic acids is 1. The van der Waals surface area contributed by atoms with Crippen LogP contribution in [0.5, 0.6) is 0 Å². The summed E-state index contributed by atoms with van der Waals surface area (Å²) in [6.07, 6.45) is 2.90. The largest absolute Gasteiger partial charge is 0.481 e. The second-order valence-electron chi connectivity index (χ2n) is 4.50. The fourth-order valence-electron chi connectivity index (χ4n) is 1.62. The zero-order valence-corrected chi connectivity index (χ0v) is 10.4. The van der Waals surface area contributed by atoms with Gasteiger partial charge in [0.25, 0.3) is 0 Å². The van der Waals surface area contributed by atoms with Crippen LogP contribution in [0.25, 0.3) is 0 Å². The zero-order valence-electron chi connectivity index (χ0n) is 10.4. The van der Waals surface area contributed by atoms with Gasteiger partial charge in [0.05, 0.1) is 12.5 Å². The highest BCUT2D eigenvalue weighted by atomic mass is 16.5. The van der Waals surface area contributed by atoms with E-state index in [0.29, 0.717) is 25.4 Å². The van der Waals surface area contributed by atoms with Crippen LogP contribution in [0.4, 0.5) is 0 Å². The third-order valence-corrected chi connectivity index (χ3v) is 2.36. The summed E-state index contributed by atoms with van der Waals surface area (Å²) in [7, 11) is 0. The Morgan fingerprint density at radius 3 is 2.31 bits per heavy atom. The summed E-state index contributed by atoms with van der Waals surface area (Å²) < 4.78 is 4.78. The second kappa shape index (κ2) is 8.13. The summed E-state index contributed by atoms with van der Waals surface area (Å²) in [5.41, 5.74) is 0. The first-order valence-corrected chi connectivity index (χ1v) is 5.79. The van der Waals surface area contributed by atoms with Crippen molar-refractivity contribution in [3.8, 4) is 0 Å². The SMILES string of the molecule is CC(=O)OCCCCC(CC(C)C)C(=O)O.